The first-order valence-electron chi connectivity index (χ1n) is 9.49. The first kappa shape index (κ1) is 21.3. The molecule has 3 rings (SSSR count). The average Bonchev–Trinajstić information content (AvgIpc) is 3.27. The Hall–Kier alpha value is -2.42. The Morgan fingerprint density at radius 3 is 2.48 bits per heavy atom. The molecule has 8 heteroatoms. The predicted octanol–water partition coefficient (Wildman–Crippen LogP) is 2.55. The molecular formula is C21H25NO6S. The fraction of sp³-hybridized carbons (Fsp3) is 0.381. The molecule has 1 aliphatic heterocycles. The summed E-state index contributed by atoms with van der Waals surface area (Å²) in [5, 5.41) is 0. The highest BCUT2D eigenvalue weighted by molar-refractivity contribution is 7.89. The van der Waals surface area contributed by atoms with Gasteiger partial charge in [0.2, 0.25) is 10.0 Å². The number of esters is 1. The summed E-state index contributed by atoms with van der Waals surface area (Å²) in [6.45, 7) is 1.15. The van der Waals surface area contributed by atoms with Gasteiger partial charge in [-0.25, -0.2) is 17.9 Å². The smallest absolute Gasteiger partial charge is 0.338 e. The Kier molecular flexibility index (Phi) is 7.24. The first-order valence-corrected chi connectivity index (χ1v) is 11.0. The number of carbonyl (C=O) groups excluding carboxylic acids is 1. The average molecular weight is 419 g/mol. The fourth-order valence-corrected chi connectivity index (χ4v) is 4.06. The van der Waals surface area contributed by atoms with Crippen molar-refractivity contribution >= 4 is 16.0 Å². The van der Waals surface area contributed by atoms with E-state index in [-0.39, 0.29) is 24.2 Å². The summed E-state index contributed by atoms with van der Waals surface area (Å²) in [4.78, 5) is 12.3. The van der Waals surface area contributed by atoms with Crippen LogP contribution in [0.4, 0.5) is 0 Å². The van der Waals surface area contributed by atoms with E-state index in [9.17, 15) is 13.2 Å². The van der Waals surface area contributed by atoms with Gasteiger partial charge in [0.05, 0.1) is 30.3 Å². The van der Waals surface area contributed by atoms with E-state index >= 15 is 0 Å². The molecule has 1 unspecified atom stereocenters. The standard InChI is InChI=1S/C21H25NO6S/c1-26-18-8-4-16(5-9-18)12-14-28-21(23)17-6-10-20(11-7-17)29(24,25)22-15-19-3-2-13-27-19/h4-11,19,22H,2-3,12-15H2,1H3. The minimum absolute atomic E-state index is 0.0790. The Balaban J connectivity index is 1.49. The molecule has 0 aromatic heterocycles. The van der Waals surface area contributed by atoms with E-state index in [2.05, 4.69) is 4.72 Å². The molecule has 7 nitrogen and oxygen atoms in total. The largest absolute Gasteiger partial charge is 0.497 e. The maximum atomic E-state index is 12.4. The minimum Gasteiger partial charge on any atom is -0.497 e. The van der Waals surface area contributed by atoms with Crippen LogP contribution in [0.1, 0.15) is 28.8 Å². The Morgan fingerprint density at radius 1 is 1.14 bits per heavy atom. The van der Waals surface area contributed by atoms with Crippen molar-refractivity contribution in [2.45, 2.75) is 30.3 Å². The summed E-state index contributed by atoms with van der Waals surface area (Å²) >= 11 is 0. The lowest BCUT2D eigenvalue weighted by Gasteiger charge is -2.11. The van der Waals surface area contributed by atoms with E-state index in [1.165, 1.54) is 24.3 Å². The highest BCUT2D eigenvalue weighted by Crippen LogP contribution is 2.15. The molecule has 0 amide bonds. The molecule has 1 aliphatic rings. The molecule has 0 bridgehead atoms. The van der Waals surface area contributed by atoms with E-state index in [4.69, 9.17) is 14.2 Å². The topological polar surface area (TPSA) is 90.9 Å². The highest BCUT2D eigenvalue weighted by Gasteiger charge is 2.20. The van der Waals surface area contributed by atoms with Gasteiger partial charge in [-0.15, -0.1) is 0 Å². The van der Waals surface area contributed by atoms with Gasteiger partial charge in [-0.05, 0) is 54.8 Å². The predicted molar refractivity (Wildman–Crippen MR) is 108 cm³/mol. The highest BCUT2D eigenvalue weighted by atomic mass is 32.2. The minimum atomic E-state index is -3.64. The summed E-state index contributed by atoms with van der Waals surface area (Å²) in [5.41, 5.74) is 1.33. The van der Waals surface area contributed by atoms with E-state index in [0.717, 1.165) is 24.2 Å². The van der Waals surface area contributed by atoms with Crippen LogP contribution in [0.3, 0.4) is 0 Å². The zero-order valence-corrected chi connectivity index (χ0v) is 17.1. The van der Waals surface area contributed by atoms with Gasteiger partial charge >= 0.3 is 5.97 Å². The normalized spacial score (nSPS) is 16.5. The summed E-state index contributed by atoms with van der Waals surface area (Å²) in [6, 6.07) is 13.2. The van der Waals surface area contributed by atoms with Gasteiger partial charge in [0.25, 0.3) is 0 Å². The molecule has 1 fully saturated rings. The zero-order valence-electron chi connectivity index (χ0n) is 16.3. The van der Waals surface area contributed by atoms with E-state index < -0.39 is 16.0 Å². The van der Waals surface area contributed by atoms with Crippen molar-refractivity contribution in [3.63, 3.8) is 0 Å². The molecule has 2 aromatic carbocycles. The monoisotopic (exact) mass is 419 g/mol. The second kappa shape index (κ2) is 9.87. The van der Waals surface area contributed by atoms with Crippen LogP contribution < -0.4 is 9.46 Å². The van der Waals surface area contributed by atoms with Gasteiger partial charge in [-0.2, -0.15) is 0 Å². The van der Waals surface area contributed by atoms with Crippen LogP contribution >= 0.6 is 0 Å². The van der Waals surface area contributed by atoms with E-state index in [0.29, 0.717) is 18.6 Å². The van der Waals surface area contributed by atoms with Crippen molar-refractivity contribution in [1.82, 2.24) is 4.72 Å². The fourth-order valence-electron chi connectivity index (χ4n) is 3.00. The molecule has 1 N–H and O–H groups in total. The molecule has 1 heterocycles. The lowest BCUT2D eigenvalue weighted by molar-refractivity contribution is 0.0509. The number of hydrogen-bond donors (Lipinski definition) is 1. The van der Waals surface area contributed by atoms with Gasteiger partial charge in [-0.3, -0.25) is 0 Å². The molecule has 2 aromatic rings. The first-order chi connectivity index (χ1) is 14.0. The molecule has 1 atom stereocenters. The molecule has 0 radical (unpaired) electrons. The van der Waals surface area contributed by atoms with Crippen molar-refractivity contribution in [2.75, 3.05) is 26.9 Å². The van der Waals surface area contributed by atoms with Crippen LogP contribution in [0.5, 0.6) is 5.75 Å². The number of methoxy groups -OCH3 is 1. The third kappa shape index (κ3) is 6.03. The molecule has 0 aliphatic carbocycles. The van der Waals surface area contributed by atoms with Gasteiger partial charge in [0.15, 0.2) is 0 Å². The lowest BCUT2D eigenvalue weighted by atomic mass is 10.1. The lowest BCUT2D eigenvalue weighted by Crippen LogP contribution is -2.31. The number of nitrogens with one attached hydrogen (secondary N) is 1. The maximum Gasteiger partial charge on any atom is 0.338 e. The molecule has 29 heavy (non-hydrogen) atoms. The second-order valence-electron chi connectivity index (χ2n) is 6.75. The van der Waals surface area contributed by atoms with E-state index in [1.54, 1.807) is 7.11 Å². The van der Waals surface area contributed by atoms with Crippen LogP contribution in [-0.2, 0) is 25.9 Å². The van der Waals surface area contributed by atoms with Gasteiger partial charge in [-0.1, -0.05) is 12.1 Å². The molecule has 0 spiro atoms. The van der Waals surface area contributed by atoms with Crippen molar-refractivity contribution in [3.8, 4) is 5.75 Å². The van der Waals surface area contributed by atoms with Crippen molar-refractivity contribution in [3.05, 3.63) is 59.7 Å². The summed E-state index contributed by atoms with van der Waals surface area (Å²) in [7, 11) is -2.04. The summed E-state index contributed by atoms with van der Waals surface area (Å²) in [6.07, 6.45) is 2.30. The molecular weight excluding hydrogens is 394 g/mol. The summed E-state index contributed by atoms with van der Waals surface area (Å²) < 4.78 is 43.1. The van der Waals surface area contributed by atoms with Crippen LogP contribution in [0, 0.1) is 0 Å². The van der Waals surface area contributed by atoms with E-state index in [1.807, 2.05) is 24.3 Å². The Labute approximate surface area is 171 Å². The Bertz CT molecular complexity index is 903. The van der Waals surface area contributed by atoms with Crippen LogP contribution in [0.25, 0.3) is 0 Å². The molecule has 156 valence electrons. The van der Waals surface area contributed by atoms with Gasteiger partial charge in [0, 0.05) is 19.6 Å². The number of carbonyl (C=O) groups is 1. The van der Waals surface area contributed by atoms with Crippen molar-refractivity contribution in [2.24, 2.45) is 0 Å². The quantitative estimate of drug-likeness (QED) is 0.628. The number of benzene rings is 2. The summed E-state index contributed by atoms with van der Waals surface area (Å²) in [5.74, 6) is 0.279. The number of sulfonamides is 1. The zero-order chi connectivity index (χ0) is 20.7. The molecule has 1 saturated heterocycles. The molecule has 0 saturated carbocycles. The number of rotatable bonds is 9. The van der Waals surface area contributed by atoms with Crippen molar-refractivity contribution in [1.29, 1.82) is 0 Å². The number of hydrogen-bond acceptors (Lipinski definition) is 6. The second-order valence-corrected chi connectivity index (χ2v) is 8.51. The SMILES string of the molecule is COc1ccc(CCOC(=O)c2ccc(S(=O)(=O)NCC3CCCO3)cc2)cc1. The van der Waals surface area contributed by atoms with Crippen LogP contribution in [-0.4, -0.2) is 47.4 Å². The third-order valence-corrected chi connectivity index (χ3v) is 6.15. The maximum absolute atomic E-state index is 12.4. The van der Waals surface area contributed by atoms with Crippen LogP contribution in [0.2, 0.25) is 0 Å². The third-order valence-electron chi connectivity index (χ3n) is 4.71. The van der Waals surface area contributed by atoms with Gasteiger partial charge < -0.3 is 14.2 Å². The van der Waals surface area contributed by atoms with Gasteiger partial charge in [0.1, 0.15) is 5.75 Å². The van der Waals surface area contributed by atoms with Crippen LogP contribution in [0.15, 0.2) is 53.4 Å². The Morgan fingerprint density at radius 2 is 1.86 bits per heavy atom. The van der Waals surface area contributed by atoms with Crippen molar-refractivity contribution < 1.29 is 27.4 Å². The number of ether oxygens (including phenoxy) is 3.